The van der Waals surface area contributed by atoms with E-state index in [0.717, 1.165) is 16.6 Å². The molecule has 5 nitrogen and oxygen atoms in total. The summed E-state index contributed by atoms with van der Waals surface area (Å²) in [6, 6.07) is 13.4. The Morgan fingerprint density at radius 1 is 1.08 bits per heavy atom. The molecule has 0 saturated carbocycles. The fourth-order valence-electron chi connectivity index (χ4n) is 2.74. The van der Waals surface area contributed by atoms with Crippen molar-refractivity contribution in [2.24, 2.45) is 7.05 Å². The first-order chi connectivity index (χ1) is 11.6. The standard InChI is InChI=1S/C18H18FN3O2/c1-21-15-4-2-3-5-16(15)22(18(21)24)11-10-20-17(23)12-13-6-8-14(19)9-7-13/h2-9H,10-12H2,1H3,(H,20,23). The monoisotopic (exact) mass is 327 g/mol. The average molecular weight is 327 g/mol. The van der Waals surface area contributed by atoms with Crippen molar-refractivity contribution in [3.8, 4) is 0 Å². The van der Waals surface area contributed by atoms with E-state index in [2.05, 4.69) is 5.32 Å². The lowest BCUT2D eigenvalue weighted by atomic mass is 10.1. The number of aromatic nitrogens is 2. The molecule has 1 amide bonds. The van der Waals surface area contributed by atoms with Crippen molar-refractivity contribution in [2.75, 3.05) is 6.54 Å². The highest BCUT2D eigenvalue weighted by atomic mass is 19.1. The Labute approximate surface area is 138 Å². The first-order valence-electron chi connectivity index (χ1n) is 7.71. The first kappa shape index (κ1) is 16.0. The molecule has 124 valence electrons. The molecule has 0 saturated heterocycles. The Balaban J connectivity index is 1.62. The predicted molar refractivity (Wildman–Crippen MR) is 90.3 cm³/mol. The molecule has 0 aliphatic heterocycles. The number of rotatable bonds is 5. The summed E-state index contributed by atoms with van der Waals surface area (Å²) in [5, 5.41) is 2.79. The van der Waals surface area contributed by atoms with E-state index in [1.807, 2.05) is 24.3 Å². The SMILES string of the molecule is Cn1c(=O)n(CCNC(=O)Cc2ccc(F)cc2)c2ccccc21. The lowest BCUT2D eigenvalue weighted by molar-refractivity contribution is -0.120. The van der Waals surface area contributed by atoms with E-state index in [0.29, 0.717) is 13.1 Å². The van der Waals surface area contributed by atoms with Crippen molar-refractivity contribution in [3.63, 3.8) is 0 Å². The minimum Gasteiger partial charge on any atom is -0.354 e. The lowest BCUT2D eigenvalue weighted by Gasteiger charge is -2.06. The van der Waals surface area contributed by atoms with Gasteiger partial charge in [-0.25, -0.2) is 9.18 Å². The summed E-state index contributed by atoms with van der Waals surface area (Å²) >= 11 is 0. The van der Waals surface area contributed by atoms with Gasteiger partial charge in [0.05, 0.1) is 17.5 Å². The number of carbonyl (C=O) groups excluding carboxylic acids is 1. The molecule has 3 aromatic rings. The molecule has 24 heavy (non-hydrogen) atoms. The van der Waals surface area contributed by atoms with Crippen molar-refractivity contribution in [3.05, 3.63) is 70.4 Å². The maximum atomic E-state index is 12.8. The number of imidazole rings is 1. The molecule has 0 atom stereocenters. The second kappa shape index (κ2) is 6.70. The van der Waals surface area contributed by atoms with Crippen LogP contribution >= 0.6 is 0 Å². The molecule has 0 fully saturated rings. The molecule has 6 heteroatoms. The van der Waals surface area contributed by atoms with Crippen LogP contribution in [-0.2, 0) is 24.8 Å². The number of halogens is 1. The van der Waals surface area contributed by atoms with Crippen LogP contribution in [-0.4, -0.2) is 21.6 Å². The van der Waals surface area contributed by atoms with Crippen molar-refractivity contribution in [1.82, 2.24) is 14.5 Å². The number of hydrogen-bond donors (Lipinski definition) is 1. The number of carbonyl (C=O) groups is 1. The number of aryl methyl sites for hydroxylation is 1. The quantitative estimate of drug-likeness (QED) is 0.777. The highest BCUT2D eigenvalue weighted by molar-refractivity contribution is 5.78. The zero-order valence-electron chi connectivity index (χ0n) is 13.3. The Morgan fingerprint density at radius 2 is 1.75 bits per heavy atom. The van der Waals surface area contributed by atoms with Crippen molar-refractivity contribution >= 4 is 16.9 Å². The van der Waals surface area contributed by atoms with E-state index in [1.54, 1.807) is 28.3 Å². The molecule has 3 rings (SSSR count). The summed E-state index contributed by atoms with van der Waals surface area (Å²) in [5.74, 6) is -0.482. The molecular weight excluding hydrogens is 309 g/mol. The number of benzene rings is 2. The number of nitrogens with zero attached hydrogens (tertiary/aromatic N) is 2. The van der Waals surface area contributed by atoms with Gasteiger partial charge in [0.1, 0.15) is 5.82 Å². The molecule has 0 unspecified atom stereocenters. The molecule has 0 spiro atoms. The number of hydrogen-bond acceptors (Lipinski definition) is 2. The Kier molecular flexibility index (Phi) is 4.46. The van der Waals surface area contributed by atoms with E-state index in [1.165, 1.54) is 12.1 Å². The second-order valence-electron chi connectivity index (χ2n) is 5.64. The van der Waals surface area contributed by atoms with Gasteiger partial charge in [0, 0.05) is 20.1 Å². The van der Waals surface area contributed by atoms with Crippen molar-refractivity contribution < 1.29 is 9.18 Å². The van der Waals surface area contributed by atoms with Crippen molar-refractivity contribution in [2.45, 2.75) is 13.0 Å². The van der Waals surface area contributed by atoms with Gasteiger partial charge in [-0.05, 0) is 29.8 Å². The highest BCUT2D eigenvalue weighted by Crippen LogP contribution is 2.11. The largest absolute Gasteiger partial charge is 0.354 e. The number of nitrogens with one attached hydrogen (secondary N) is 1. The van der Waals surface area contributed by atoms with Gasteiger partial charge >= 0.3 is 5.69 Å². The van der Waals surface area contributed by atoms with Gasteiger partial charge in [-0.2, -0.15) is 0 Å². The summed E-state index contributed by atoms with van der Waals surface area (Å²) in [6.07, 6.45) is 0.185. The Morgan fingerprint density at radius 3 is 2.46 bits per heavy atom. The normalized spacial score (nSPS) is 10.9. The molecular formula is C18H18FN3O2. The van der Waals surface area contributed by atoms with Gasteiger partial charge in [-0.15, -0.1) is 0 Å². The minimum absolute atomic E-state index is 0.107. The maximum absolute atomic E-state index is 12.8. The molecule has 0 aliphatic carbocycles. The fourth-order valence-corrected chi connectivity index (χ4v) is 2.74. The van der Waals surface area contributed by atoms with Crippen LogP contribution in [0.4, 0.5) is 4.39 Å². The zero-order chi connectivity index (χ0) is 17.1. The van der Waals surface area contributed by atoms with E-state index in [9.17, 15) is 14.0 Å². The van der Waals surface area contributed by atoms with E-state index in [4.69, 9.17) is 0 Å². The molecule has 0 radical (unpaired) electrons. The molecule has 0 aliphatic rings. The van der Waals surface area contributed by atoms with E-state index < -0.39 is 0 Å². The maximum Gasteiger partial charge on any atom is 0.328 e. The van der Waals surface area contributed by atoms with Crippen LogP contribution in [0.3, 0.4) is 0 Å². The van der Waals surface area contributed by atoms with Gasteiger partial charge in [0.2, 0.25) is 5.91 Å². The Hall–Kier alpha value is -2.89. The van der Waals surface area contributed by atoms with E-state index in [-0.39, 0.29) is 23.8 Å². The highest BCUT2D eigenvalue weighted by Gasteiger charge is 2.10. The number of amides is 1. The minimum atomic E-state index is -0.325. The third-order valence-electron chi connectivity index (χ3n) is 3.99. The predicted octanol–water partition coefficient (Wildman–Crippen LogP) is 1.84. The molecule has 1 heterocycles. The third kappa shape index (κ3) is 3.22. The van der Waals surface area contributed by atoms with Crippen LogP contribution in [0, 0.1) is 5.82 Å². The van der Waals surface area contributed by atoms with Gasteiger partial charge in [0.25, 0.3) is 0 Å². The van der Waals surface area contributed by atoms with Gasteiger partial charge < -0.3 is 5.32 Å². The molecule has 1 aromatic heterocycles. The first-order valence-corrected chi connectivity index (χ1v) is 7.71. The number of para-hydroxylation sites is 2. The summed E-state index contributed by atoms with van der Waals surface area (Å²) in [5.41, 5.74) is 2.35. The van der Waals surface area contributed by atoms with Crippen LogP contribution < -0.4 is 11.0 Å². The number of fused-ring (bicyclic) bond motifs is 1. The van der Waals surface area contributed by atoms with Gasteiger partial charge in [0.15, 0.2) is 0 Å². The van der Waals surface area contributed by atoms with Gasteiger partial charge in [-0.1, -0.05) is 24.3 Å². The topological polar surface area (TPSA) is 56.0 Å². The third-order valence-corrected chi connectivity index (χ3v) is 3.99. The van der Waals surface area contributed by atoms with Crippen LogP contribution in [0.5, 0.6) is 0 Å². The van der Waals surface area contributed by atoms with Crippen molar-refractivity contribution in [1.29, 1.82) is 0 Å². The molecule has 0 bridgehead atoms. The van der Waals surface area contributed by atoms with Crippen LogP contribution in [0.1, 0.15) is 5.56 Å². The summed E-state index contributed by atoms with van der Waals surface area (Å²) in [4.78, 5) is 24.2. The lowest BCUT2D eigenvalue weighted by Crippen LogP contribution is -2.32. The smallest absolute Gasteiger partial charge is 0.328 e. The summed E-state index contributed by atoms with van der Waals surface area (Å²) in [6.45, 7) is 0.753. The second-order valence-corrected chi connectivity index (χ2v) is 5.64. The van der Waals surface area contributed by atoms with Gasteiger partial charge in [-0.3, -0.25) is 13.9 Å². The summed E-state index contributed by atoms with van der Waals surface area (Å²) < 4.78 is 16.1. The molecule has 2 aromatic carbocycles. The van der Waals surface area contributed by atoms with Crippen LogP contribution in [0.2, 0.25) is 0 Å². The summed E-state index contributed by atoms with van der Waals surface area (Å²) in [7, 11) is 1.73. The zero-order valence-corrected chi connectivity index (χ0v) is 13.3. The average Bonchev–Trinajstić information content (AvgIpc) is 2.82. The Bertz CT molecular complexity index is 926. The van der Waals surface area contributed by atoms with Crippen LogP contribution in [0.15, 0.2) is 53.3 Å². The van der Waals surface area contributed by atoms with E-state index >= 15 is 0 Å². The van der Waals surface area contributed by atoms with Crippen LogP contribution in [0.25, 0.3) is 11.0 Å². The fraction of sp³-hybridized carbons (Fsp3) is 0.222. The molecule has 1 N–H and O–H groups in total.